The van der Waals surface area contributed by atoms with Gasteiger partial charge in [-0.25, -0.2) is 0 Å². The van der Waals surface area contributed by atoms with Crippen molar-refractivity contribution < 1.29 is 61.9 Å². The number of ether oxygens (including phenoxy) is 12. The Morgan fingerprint density at radius 1 is 0.260 bits per heavy atom. The fraction of sp³-hybridized carbons (Fsp3) is 0.344. The molecule has 13 heteroatoms. The first-order chi connectivity index (χ1) is 38.1. The fourth-order valence-corrected chi connectivity index (χ4v) is 9.74. The molecule has 0 aromatic heterocycles. The summed E-state index contributed by atoms with van der Waals surface area (Å²) in [5.74, 6) is 0. The molecule has 77 heavy (non-hydrogen) atoms. The van der Waals surface area contributed by atoms with E-state index in [1.54, 1.807) is 0 Å². The zero-order chi connectivity index (χ0) is 52.3. The molecule has 0 radical (unpaired) electrons. The van der Waals surface area contributed by atoms with Crippen LogP contribution in [0.5, 0.6) is 0 Å². The van der Waals surface area contributed by atoms with Gasteiger partial charge in [0.15, 0.2) is 18.9 Å². The second-order valence-electron chi connectivity index (χ2n) is 19.4. The van der Waals surface area contributed by atoms with E-state index in [0.29, 0.717) is 13.2 Å². The molecule has 7 aromatic carbocycles. The van der Waals surface area contributed by atoms with E-state index in [1.807, 2.05) is 212 Å². The van der Waals surface area contributed by atoms with Crippen molar-refractivity contribution in [3.8, 4) is 0 Å². The van der Waals surface area contributed by atoms with Crippen molar-refractivity contribution in [2.45, 2.75) is 120 Å². The smallest absolute Gasteiger partial charge is 0.187 e. The normalized spacial score (nSPS) is 26.0. The Hall–Kier alpha value is -5.98. The topological polar surface area (TPSA) is 131 Å². The van der Waals surface area contributed by atoms with Gasteiger partial charge in [-0.2, -0.15) is 0 Å². The van der Waals surface area contributed by atoms with Gasteiger partial charge in [0, 0.05) is 0 Å². The molecule has 402 valence electrons. The molecule has 0 aliphatic carbocycles. The van der Waals surface area contributed by atoms with Crippen LogP contribution in [-0.4, -0.2) is 98.7 Å². The van der Waals surface area contributed by atoms with Gasteiger partial charge < -0.3 is 61.9 Å². The largest absolute Gasteiger partial charge is 0.374 e. The molecule has 1 N–H and O–H groups in total. The quantitative estimate of drug-likeness (QED) is 0.0500. The van der Waals surface area contributed by atoms with Gasteiger partial charge in [0.25, 0.3) is 0 Å². The third-order valence-corrected chi connectivity index (χ3v) is 13.8. The summed E-state index contributed by atoms with van der Waals surface area (Å²) in [5.41, 5.74) is 6.88. The van der Waals surface area contributed by atoms with Crippen LogP contribution in [0.3, 0.4) is 0 Å². The van der Waals surface area contributed by atoms with Crippen molar-refractivity contribution in [3.05, 3.63) is 251 Å². The number of hydrogen-bond acceptors (Lipinski definition) is 13. The first kappa shape index (κ1) is 54.4. The first-order valence-electron chi connectivity index (χ1n) is 26.5. The Morgan fingerprint density at radius 3 is 0.831 bits per heavy atom. The molecule has 10 rings (SSSR count). The molecule has 12 atom stereocenters. The minimum Gasteiger partial charge on any atom is -0.374 e. The number of rotatable bonds is 28. The minimum absolute atomic E-state index is 0.000227. The average molecular weight is 1050 g/mol. The number of aliphatic hydroxyl groups is 1. The summed E-state index contributed by atoms with van der Waals surface area (Å²) in [6.45, 7) is 2.20. The molecule has 0 amide bonds. The summed E-state index contributed by atoms with van der Waals surface area (Å²) >= 11 is 0. The predicted molar refractivity (Wildman–Crippen MR) is 286 cm³/mol. The van der Waals surface area contributed by atoms with Crippen LogP contribution in [0.25, 0.3) is 0 Å². The van der Waals surface area contributed by atoms with Gasteiger partial charge in [0.1, 0.15) is 54.9 Å². The van der Waals surface area contributed by atoms with Crippen LogP contribution >= 0.6 is 0 Å². The summed E-state index contributed by atoms with van der Waals surface area (Å²) in [4.78, 5) is 0. The third-order valence-electron chi connectivity index (χ3n) is 13.8. The maximum Gasteiger partial charge on any atom is 0.187 e. The van der Waals surface area contributed by atoms with Crippen LogP contribution in [0.4, 0.5) is 0 Å². The average Bonchev–Trinajstić information content (AvgIpc) is 4.12. The molecule has 3 saturated heterocycles. The molecule has 7 aromatic rings. The maximum atomic E-state index is 11.4. The summed E-state index contributed by atoms with van der Waals surface area (Å²) < 4.78 is 80.0. The molecular formula is C64H68O13. The van der Waals surface area contributed by atoms with Crippen LogP contribution in [0, 0.1) is 0 Å². The van der Waals surface area contributed by atoms with E-state index in [4.69, 9.17) is 56.8 Å². The molecule has 1 unspecified atom stereocenters. The highest BCUT2D eigenvalue weighted by Crippen LogP contribution is 2.35. The SMILES string of the molecule is OC1O[C@H](CO[C@H]2O[C@H](CO[C@@H]3O[C@H](COCc4ccccc4)[C@@H](OCc4ccccc4)[C@@H]3OCc3ccccc3)[C@@H](OCc3ccccc3)[C@@H]2OCc2ccccc2)[C@@H](OCc2ccccc2)[C@@H]1OCc1ccccc1. The summed E-state index contributed by atoms with van der Waals surface area (Å²) in [7, 11) is 0. The van der Waals surface area contributed by atoms with Gasteiger partial charge in [-0.15, -0.1) is 0 Å². The van der Waals surface area contributed by atoms with Gasteiger partial charge in [-0.3, -0.25) is 0 Å². The molecule has 3 heterocycles. The number of aliphatic hydroxyl groups excluding tert-OH is 1. The van der Waals surface area contributed by atoms with E-state index >= 15 is 0 Å². The molecule has 0 saturated carbocycles. The highest BCUT2D eigenvalue weighted by atomic mass is 16.8. The van der Waals surface area contributed by atoms with Crippen LogP contribution in [0.2, 0.25) is 0 Å². The lowest BCUT2D eigenvalue weighted by Gasteiger charge is -2.27. The van der Waals surface area contributed by atoms with E-state index in [2.05, 4.69) is 0 Å². The first-order valence-corrected chi connectivity index (χ1v) is 26.5. The Balaban J connectivity index is 0.905. The highest BCUT2D eigenvalue weighted by molar-refractivity contribution is 5.19. The summed E-state index contributed by atoms with van der Waals surface area (Å²) in [6.07, 6.45) is -9.47. The standard InChI is InChI=1S/C64H68O13/c65-62-59(70-40-50-30-16-5-17-31-50)56(67-37-47-24-10-2-11-25-47)54(75-62)44-73-64-61(72-42-52-34-20-7-21-35-52)58(69-39-49-28-14-4-15-29-49)55(77-64)45-74-63-60(71-41-51-32-18-6-19-33-51)57(68-38-48-26-12-3-13-27-48)53(76-63)43-66-36-46-22-8-1-9-23-46/h1-35,53-65H,36-45H2/t53-,54-,55-,56-,57-,58-,59+,60+,61+,62?,63-,64+/m1/s1. The molecule has 3 aliphatic heterocycles. The lowest BCUT2D eigenvalue weighted by Crippen LogP contribution is -2.43. The van der Waals surface area contributed by atoms with Gasteiger partial charge >= 0.3 is 0 Å². The van der Waals surface area contributed by atoms with Crippen molar-refractivity contribution >= 4 is 0 Å². The van der Waals surface area contributed by atoms with Crippen LogP contribution in [-0.2, 0) is 103 Å². The van der Waals surface area contributed by atoms with Gasteiger partial charge in [-0.05, 0) is 38.9 Å². The summed E-state index contributed by atoms with van der Waals surface area (Å²) in [6, 6.07) is 69.6. The zero-order valence-electron chi connectivity index (χ0n) is 43.1. The molecule has 0 bridgehead atoms. The zero-order valence-corrected chi connectivity index (χ0v) is 43.1. The monoisotopic (exact) mass is 1040 g/mol. The van der Waals surface area contributed by atoms with Crippen molar-refractivity contribution in [2.24, 2.45) is 0 Å². The van der Waals surface area contributed by atoms with E-state index < -0.39 is 73.8 Å². The second kappa shape index (κ2) is 28.6. The maximum absolute atomic E-state index is 11.4. The lowest BCUT2D eigenvalue weighted by molar-refractivity contribution is -0.224. The van der Waals surface area contributed by atoms with E-state index in [-0.39, 0.29) is 52.9 Å². The van der Waals surface area contributed by atoms with Crippen molar-refractivity contribution in [3.63, 3.8) is 0 Å². The van der Waals surface area contributed by atoms with E-state index in [1.165, 1.54) is 0 Å². The highest BCUT2D eigenvalue weighted by Gasteiger charge is 2.52. The molecule has 3 fully saturated rings. The van der Waals surface area contributed by atoms with Gasteiger partial charge in [0.05, 0.1) is 66.1 Å². The third kappa shape index (κ3) is 15.6. The van der Waals surface area contributed by atoms with Gasteiger partial charge in [-0.1, -0.05) is 212 Å². The van der Waals surface area contributed by atoms with Crippen molar-refractivity contribution in [1.29, 1.82) is 0 Å². The van der Waals surface area contributed by atoms with Crippen LogP contribution < -0.4 is 0 Å². The fourth-order valence-electron chi connectivity index (χ4n) is 9.74. The number of hydrogen-bond donors (Lipinski definition) is 1. The van der Waals surface area contributed by atoms with Gasteiger partial charge in [0.2, 0.25) is 0 Å². The Labute approximate surface area is 451 Å². The molecule has 13 nitrogen and oxygen atoms in total. The minimum atomic E-state index is -1.29. The molecule has 3 aliphatic rings. The Kier molecular flexibility index (Phi) is 20.2. The lowest BCUT2D eigenvalue weighted by atomic mass is 10.1. The predicted octanol–water partition coefficient (Wildman–Crippen LogP) is 9.92. The Bertz CT molecular complexity index is 2710. The summed E-state index contributed by atoms with van der Waals surface area (Å²) in [5, 5.41) is 11.4. The van der Waals surface area contributed by atoms with Crippen molar-refractivity contribution in [2.75, 3.05) is 19.8 Å². The van der Waals surface area contributed by atoms with E-state index in [0.717, 1.165) is 38.9 Å². The second-order valence-corrected chi connectivity index (χ2v) is 19.4. The van der Waals surface area contributed by atoms with Crippen LogP contribution in [0.1, 0.15) is 38.9 Å². The molecular weight excluding hydrogens is 977 g/mol. The van der Waals surface area contributed by atoms with E-state index in [9.17, 15) is 5.11 Å². The molecule has 0 spiro atoms. The van der Waals surface area contributed by atoms with Crippen LogP contribution in [0.15, 0.2) is 212 Å². The Morgan fingerprint density at radius 2 is 0.506 bits per heavy atom. The van der Waals surface area contributed by atoms with Crippen molar-refractivity contribution in [1.82, 2.24) is 0 Å². The number of benzene rings is 7.